The second-order valence-corrected chi connectivity index (χ2v) is 4.64. The van der Waals surface area contributed by atoms with Crippen molar-refractivity contribution in [2.24, 2.45) is 0 Å². The van der Waals surface area contributed by atoms with Crippen molar-refractivity contribution in [2.45, 2.75) is 18.9 Å². The van der Waals surface area contributed by atoms with Gasteiger partial charge in [0.05, 0.1) is 5.56 Å². The van der Waals surface area contributed by atoms with Gasteiger partial charge >= 0.3 is 0 Å². The fourth-order valence-corrected chi connectivity index (χ4v) is 2.33. The highest BCUT2D eigenvalue weighted by Gasteiger charge is 2.21. The molecule has 0 aromatic carbocycles. The molecule has 0 radical (unpaired) electrons. The van der Waals surface area contributed by atoms with Crippen molar-refractivity contribution in [1.82, 2.24) is 15.2 Å². The number of amides is 1. The van der Waals surface area contributed by atoms with E-state index in [2.05, 4.69) is 27.6 Å². The van der Waals surface area contributed by atoms with Crippen molar-refractivity contribution in [1.29, 1.82) is 0 Å². The summed E-state index contributed by atoms with van der Waals surface area (Å²) in [7, 11) is 3.87. The molecule has 5 heteroatoms. The third-order valence-corrected chi connectivity index (χ3v) is 3.46. The lowest BCUT2D eigenvalue weighted by atomic mass is 10.2. The summed E-state index contributed by atoms with van der Waals surface area (Å²) in [6, 6.07) is 4.02. The molecule has 1 aliphatic heterocycles. The zero-order valence-electron chi connectivity index (χ0n) is 10.9. The summed E-state index contributed by atoms with van der Waals surface area (Å²) in [5.41, 5.74) is 0.598. The highest BCUT2D eigenvalue weighted by molar-refractivity contribution is 5.98. The second-order valence-electron chi connectivity index (χ2n) is 4.64. The van der Waals surface area contributed by atoms with Crippen molar-refractivity contribution in [3.63, 3.8) is 0 Å². The molecule has 1 unspecified atom stereocenters. The lowest BCUT2D eigenvalue weighted by Crippen LogP contribution is -2.38. The second kappa shape index (κ2) is 5.82. The van der Waals surface area contributed by atoms with Gasteiger partial charge in [-0.15, -0.1) is 0 Å². The predicted octanol–water partition coefficient (Wildman–Crippen LogP) is 0.947. The largest absolute Gasteiger partial charge is 0.372 e. The van der Waals surface area contributed by atoms with Crippen LogP contribution in [0, 0.1) is 0 Å². The van der Waals surface area contributed by atoms with Gasteiger partial charge in [-0.3, -0.25) is 4.79 Å². The normalized spacial score (nSPS) is 19.8. The number of nitrogens with zero attached hydrogens (tertiary/aromatic N) is 2. The zero-order chi connectivity index (χ0) is 13.0. The maximum Gasteiger partial charge on any atom is 0.255 e. The number of carbonyl (C=O) groups excluding carboxylic acids is 1. The van der Waals surface area contributed by atoms with Crippen LogP contribution < -0.4 is 10.6 Å². The van der Waals surface area contributed by atoms with Crippen LogP contribution in [0.3, 0.4) is 0 Å². The molecule has 1 amide bonds. The Morgan fingerprint density at radius 1 is 1.61 bits per heavy atom. The van der Waals surface area contributed by atoms with Gasteiger partial charge in [-0.2, -0.15) is 0 Å². The Kier molecular flexibility index (Phi) is 4.15. The molecule has 1 aromatic heterocycles. The van der Waals surface area contributed by atoms with Crippen LogP contribution >= 0.6 is 0 Å². The Hall–Kier alpha value is -1.62. The lowest BCUT2D eigenvalue weighted by Gasteiger charge is -2.19. The zero-order valence-corrected chi connectivity index (χ0v) is 10.9. The van der Waals surface area contributed by atoms with Gasteiger partial charge in [-0.25, -0.2) is 4.98 Å². The molecule has 0 bridgehead atoms. The van der Waals surface area contributed by atoms with Crippen molar-refractivity contribution in [3.8, 4) is 0 Å². The average molecular weight is 248 g/mol. The van der Waals surface area contributed by atoms with Crippen LogP contribution in [-0.4, -0.2) is 49.0 Å². The number of nitrogens with one attached hydrogen (secondary N) is 2. The van der Waals surface area contributed by atoms with E-state index in [4.69, 9.17) is 0 Å². The Balaban J connectivity index is 1.95. The van der Waals surface area contributed by atoms with E-state index in [0.717, 1.165) is 13.0 Å². The summed E-state index contributed by atoms with van der Waals surface area (Å²) in [4.78, 5) is 18.5. The summed E-state index contributed by atoms with van der Waals surface area (Å²) < 4.78 is 0. The van der Waals surface area contributed by atoms with Crippen molar-refractivity contribution in [2.75, 3.05) is 32.5 Å². The van der Waals surface area contributed by atoms with E-state index < -0.39 is 0 Å². The van der Waals surface area contributed by atoms with Crippen LogP contribution in [0.15, 0.2) is 18.3 Å². The minimum Gasteiger partial charge on any atom is -0.372 e. The molecule has 0 aliphatic carbocycles. The average Bonchev–Trinajstić information content (AvgIpc) is 2.81. The van der Waals surface area contributed by atoms with Crippen molar-refractivity contribution in [3.05, 3.63) is 23.9 Å². The van der Waals surface area contributed by atoms with Gasteiger partial charge in [0.25, 0.3) is 5.91 Å². The molecule has 1 aliphatic rings. The smallest absolute Gasteiger partial charge is 0.255 e. The number of rotatable bonds is 4. The van der Waals surface area contributed by atoms with Gasteiger partial charge in [0, 0.05) is 25.8 Å². The van der Waals surface area contributed by atoms with E-state index in [1.165, 1.54) is 6.42 Å². The third-order valence-electron chi connectivity index (χ3n) is 3.46. The first kappa shape index (κ1) is 12.8. The number of likely N-dealkylation sites (N-methyl/N-ethyl adjacent to an activating group) is 1. The minimum atomic E-state index is -0.0623. The molecule has 5 nitrogen and oxygen atoms in total. The Morgan fingerprint density at radius 2 is 2.44 bits per heavy atom. The molecule has 2 rings (SSSR count). The summed E-state index contributed by atoms with van der Waals surface area (Å²) >= 11 is 0. The molecule has 1 aromatic rings. The first-order valence-corrected chi connectivity index (χ1v) is 6.33. The monoisotopic (exact) mass is 248 g/mol. The molecule has 18 heavy (non-hydrogen) atoms. The number of anilines is 1. The highest BCUT2D eigenvalue weighted by Crippen LogP contribution is 2.14. The minimum absolute atomic E-state index is 0.0623. The topological polar surface area (TPSA) is 57.3 Å². The van der Waals surface area contributed by atoms with Crippen LogP contribution in [0.25, 0.3) is 0 Å². The van der Waals surface area contributed by atoms with Crippen molar-refractivity contribution >= 4 is 11.7 Å². The molecule has 0 saturated carbocycles. The first-order valence-electron chi connectivity index (χ1n) is 6.33. The van der Waals surface area contributed by atoms with Crippen LogP contribution in [0.5, 0.6) is 0 Å². The van der Waals surface area contributed by atoms with E-state index >= 15 is 0 Å². The first-order chi connectivity index (χ1) is 8.72. The summed E-state index contributed by atoms with van der Waals surface area (Å²) in [5.74, 6) is 0.558. The predicted molar refractivity (Wildman–Crippen MR) is 71.8 cm³/mol. The molecule has 2 N–H and O–H groups in total. The van der Waals surface area contributed by atoms with Crippen LogP contribution in [-0.2, 0) is 0 Å². The highest BCUT2D eigenvalue weighted by atomic mass is 16.1. The van der Waals surface area contributed by atoms with E-state index in [9.17, 15) is 4.79 Å². The molecule has 1 saturated heterocycles. The number of likely N-dealkylation sites (tertiary alicyclic amines) is 1. The van der Waals surface area contributed by atoms with E-state index in [0.29, 0.717) is 24.0 Å². The SMILES string of the molecule is CNc1ncccc1C(=O)NCC1CCCN1C. The Labute approximate surface area is 108 Å². The molecular formula is C13H20N4O. The quantitative estimate of drug-likeness (QED) is 0.833. The molecule has 0 spiro atoms. The number of hydrogen-bond donors (Lipinski definition) is 2. The van der Waals surface area contributed by atoms with Crippen LogP contribution in [0.4, 0.5) is 5.82 Å². The summed E-state index contributed by atoms with van der Waals surface area (Å²) in [6.07, 6.45) is 4.04. The summed E-state index contributed by atoms with van der Waals surface area (Å²) in [6.45, 7) is 1.82. The Morgan fingerprint density at radius 3 is 3.11 bits per heavy atom. The number of pyridine rings is 1. The van der Waals surface area contributed by atoms with E-state index in [-0.39, 0.29) is 5.91 Å². The maximum atomic E-state index is 12.1. The maximum absolute atomic E-state index is 12.1. The molecule has 1 atom stereocenters. The molecular weight excluding hydrogens is 228 g/mol. The fraction of sp³-hybridized carbons (Fsp3) is 0.538. The number of carbonyl (C=O) groups is 1. The lowest BCUT2D eigenvalue weighted by molar-refractivity contribution is 0.0944. The molecule has 98 valence electrons. The molecule has 1 fully saturated rings. The number of hydrogen-bond acceptors (Lipinski definition) is 4. The van der Waals surface area contributed by atoms with Gasteiger partial charge in [-0.1, -0.05) is 0 Å². The third kappa shape index (κ3) is 2.79. The number of aromatic nitrogens is 1. The molecule has 2 heterocycles. The van der Waals surface area contributed by atoms with E-state index in [1.807, 2.05) is 0 Å². The van der Waals surface area contributed by atoms with Gasteiger partial charge in [0.1, 0.15) is 5.82 Å². The van der Waals surface area contributed by atoms with Gasteiger partial charge in [0.2, 0.25) is 0 Å². The van der Waals surface area contributed by atoms with E-state index in [1.54, 1.807) is 25.4 Å². The van der Waals surface area contributed by atoms with Crippen LogP contribution in [0.1, 0.15) is 23.2 Å². The van der Waals surface area contributed by atoms with Gasteiger partial charge in [0.15, 0.2) is 0 Å². The van der Waals surface area contributed by atoms with Gasteiger partial charge < -0.3 is 15.5 Å². The van der Waals surface area contributed by atoms with Crippen molar-refractivity contribution < 1.29 is 4.79 Å². The summed E-state index contributed by atoms with van der Waals surface area (Å²) in [5, 5.41) is 5.92. The van der Waals surface area contributed by atoms with Gasteiger partial charge in [-0.05, 0) is 38.6 Å². The van der Waals surface area contributed by atoms with Crippen LogP contribution in [0.2, 0.25) is 0 Å². The Bertz CT molecular complexity index is 421. The fourth-order valence-electron chi connectivity index (χ4n) is 2.33. The standard InChI is InChI=1S/C13H20N4O/c1-14-12-11(6-3-7-15-12)13(18)16-9-10-5-4-8-17(10)2/h3,6-7,10H,4-5,8-9H2,1-2H3,(H,14,15)(H,16,18).